The van der Waals surface area contributed by atoms with Crippen LogP contribution in [0.5, 0.6) is 0 Å². The molecule has 0 aliphatic heterocycles. The second-order valence-corrected chi connectivity index (χ2v) is 4.52. The van der Waals surface area contributed by atoms with Crippen molar-refractivity contribution in [3.8, 4) is 0 Å². The molecule has 2 rings (SSSR count). The van der Waals surface area contributed by atoms with Gasteiger partial charge in [-0.2, -0.15) is 4.98 Å². The summed E-state index contributed by atoms with van der Waals surface area (Å²) in [7, 11) is 0. The summed E-state index contributed by atoms with van der Waals surface area (Å²) >= 11 is 0. The van der Waals surface area contributed by atoms with Crippen LogP contribution in [0, 0.1) is 5.92 Å². The lowest BCUT2D eigenvalue weighted by Gasteiger charge is -2.09. The average Bonchev–Trinajstić information content (AvgIpc) is 2.77. The highest BCUT2D eigenvalue weighted by molar-refractivity contribution is 5.36. The minimum atomic E-state index is 0.334. The normalized spacial score (nSPS) is 16.5. The number of anilines is 2. The maximum Gasteiger partial charge on any atom is 0.221 e. The van der Waals surface area contributed by atoms with E-state index in [1.807, 2.05) is 6.07 Å². The van der Waals surface area contributed by atoms with Crippen LogP contribution < -0.4 is 11.1 Å². The van der Waals surface area contributed by atoms with Crippen LogP contribution in [0.4, 0.5) is 11.8 Å². The molecule has 1 fully saturated rings. The maximum absolute atomic E-state index is 5.50. The van der Waals surface area contributed by atoms with Crippen molar-refractivity contribution in [2.24, 2.45) is 5.92 Å². The van der Waals surface area contributed by atoms with Gasteiger partial charge < -0.3 is 11.1 Å². The molecule has 0 saturated heterocycles. The second-order valence-electron chi connectivity index (χ2n) is 4.52. The Morgan fingerprint density at radius 1 is 1.38 bits per heavy atom. The molecular weight excluding hydrogens is 200 g/mol. The minimum Gasteiger partial charge on any atom is -0.370 e. The Balaban J connectivity index is 1.64. The number of nitrogens with zero attached hydrogens (tertiary/aromatic N) is 2. The SMILES string of the molecule is Nc1nccc(NCCCC2CCCC2)n1. The third-order valence-corrected chi connectivity index (χ3v) is 3.24. The fourth-order valence-electron chi connectivity index (χ4n) is 2.38. The molecule has 0 spiro atoms. The smallest absolute Gasteiger partial charge is 0.221 e. The van der Waals surface area contributed by atoms with Gasteiger partial charge in [-0.25, -0.2) is 4.98 Å². The summed E-state index contributed by atoms with van der Waals surface area (Å²) in [6, 6.07) is 1.85. The van der Waals surface area contributed by atoms with E-state index in [4.69, 9.17) is 5.73 Å². The number of aromatic nitrogens is 2. The standard InChI is InChI=1S/C12H20N4/c13-12-15-9-7-11(16-12)14-8-3-6-10-4-1-2-5-10/h7,9-10H,1-6,8H2,(H3,13,14,15,16). The highest BCUT2D eigenvalue weighted by Crippen LogP contribution is 2.28. The van der Waals surface area contributed by atoms with Gasteiger partial charge in [-0.1, -0.05) is 25.7 Å². The van der Waals surface area contributed by atoms with E-state index in [0.29, 0.717) is 5.95 Å². The van der Waals surface area contributed by atoms with Gasteiger partial charge in [-0.15, -0.1) is 0 Å². The first-order chi connectivity index (χ1) is 7.84. The van der Waals surface area contributed by atoms with Crippen molar-refractivity contribution in [3.63, 3.8) is 0 Å². The Morgan fingerprint density at radius 2 is 2.19 bits per heavy atom. The first-order valence-electron chi connectivity index (χ1n) is 6.17. The third kappa shape index (κ3) is 3.36. The summed E-state index contributed by atoms with van der Waals surface area (Å²) in [4.78, 5) is 7.96. The van der Waals surface area contributed by atoms with Gasteiger partial charge in [0.15, 0.2) is 0 Å². The monoisotopic (exact) mass is 220 g/mol. The average molecular weight is 220 g/mol. The van der Waals surface area contributed by atoms with Crippen molar-refractivity contribution in [2.75, 3.05) is 17.6 Å². The fraction of sp³-hybridized carbons (Fsp3) is 0.667. The quantitative estimate of drug-likeness (QED) is 0.748. The molecule has 88 valence electrons. The van der Waals surface area contributed by atoms with Gasteiger partial charge in [0.1, 0.15) is 5.82 Å². The molecule has 1 heterocycles. The van der Waals surface area contributed by atoms with Crippen molar-refractivity contribution in [1.29, 1.82) is 0 Å². The molecule has 0 radical (unpaired) electrons. The minimum absolute atomic E-state index is 0.334. The number of nitrogen functional groups attached to an aromatic ring is 1. The molecule has 4 heteroatoms. The van der Waals surface area contributed by atoms with Gasteiger partial charge in [-0.05, 0) is 24.8 Å². The number of nitrogens with one attached hydrogen (secondary N) is 1. The summed E-state index contributed by atoms with van der Waals surface area (Å²) in [5, 5.41) is 3.28. The van der Waals surface area contributed by atoms with Gasteiger partial charge in [0.25, 0.3) is 0 Å². The van der Waals surface area contributed by atoms with Crippen molar-refractivity contribution < 1.29 is 0 Å². The number of hydrogen-bond donors (Lipinski definition) is 2. The predicted octanol–water partition coefficient (Wildman–Crippen LogP) is 2.44. The molecular formula is C12H20N4. The Labute approximate surface area is 96.7 Å². The first kappa shape index (κ1) is 11.2. The van der Waals surface area contributed by atoms with E-state index in [9.17, 15) is 0 Å². The lowest BCUT2D eigenvalue weighted by Crippen LogP contribution is -2.06. The number of nitrogens with two attached hydrogens (primary N) is 1. The summed E-state index contributed by atoms with van der Waals surface area (Å²) in [6.45, 7) is 0.979. The molecule has 0 aromatic carbocycles. The molecule has 1 aromatic rings. The van der Waals surface area contributed by atoms with Crippen LogP contribution in [-0.2, 0) is 0 Å². The zero-order valence-corrected chi connectivity index (χ0v) is 9.65. The molecule has 0 atom stereocenters. The summed E-state index contributed by atoms with van der Waals surface area (Å²) in [5.41, 5.74) is 5.50. The highest BCUT2D eigenvalue weighted by atomic mass is 15.1. The van der Waals surface area contributed by atoms with Crippen molar-refractivity contribution >= 4 is 11.8 Å². The van der Waals surface area contributed by atoms with Gasteiger partial charge in [-0.3, -0.25) is 0 Å². The zero-order chi connectivity index (χ0) is 11.2. The van der Waals surface area contributed by atoms with Crippen LogP contribution in [0.2, 0.25) is 0 Å². The largest absolute Gasteiger partial charge is 0.370 e. The van der Waals surface area contributed by atoms with Gasteiger partial charge in [0.05, 0.1) is 0 Å². The maximum atomic E-state index is 5.50. The molecule has 1 aromatic heterocycles. The van der Waals surface area contributed by atoms with Gasteiger partial charge in [0.2, 0.25) is 5.95 Å². The molecule has 1 aliphatic rings. The fourth-order valence-corrected chi connectivity index (χ4v) is 2.38. The molecule has 4 nitrogen and oxygen atoms in total. The van der Waals surface area contributed by atoms with Crippen LogP contribution >= 0.6 is 0 Å². The lowest BCUT2D eigenvalue weighted by atomic mass is 10.0. The van der Waals surface area contributed by atoms with E-state index in [1.54, 1.807) is 6.20 Å². The van der Waals surface area contributed by atoms with Gasteiger partial charge >= 0.3 is 0 Å². The van der Waals surface area contributed by atoms with Crippen molar-refractivity contribution in [3.05, 3.63) is 12.3 Å². The molecule has 0 amide bonds. The van der Waals surface area contributed by atoms with E-state index in [2.05, 4.69) is 15.3 Å². The molecule has 0 bridgehead atoms. The number of rotatable bonds is 5. The zero-order valence-electron chi connectivity index (χ0n) is 9.65. The number of hydrogen-bond acceptors (Lipinski definition) is 4. The Bertz CT molecular complexity index is 321. The summed E-state index contributed by atoms with van der Waals surface area (Å²) in [6.07, 6.45) is 9.96. The molecule has 16 heavy (non-hydrogen) atoms. The summed E-state index contributed by atoms with van der Waals surface area (Å²) in [5.74, 6) is 2.14. The molecule has 3 N–H and O–H groups in total. The molecule has 1 aliphatic carbocycles. The van der Waals surface area contributed by atoms with Crippen LogP contribution in [0.25, 0.3) is 0 Å². The Morgan fingerprint density at radius 3 is 2.94 bits per heavy atom. The van der Waals surface area contributed by atoms with Crippen molar-refractivity contribution in [1.82, 2.24) is 9.97 Å². The molecule has 0 unspecified atom stereocenters. The van der Waals surface area contributed by atoms with E-state index in [0.717, 1.165) is 18.3 Å². The van der Waals surface area contributed by atoms with Crippen LogP contribution in [0.3, 0.4) is 0 Å². The van der Waals surface area contributed by atoms with Crippen LogP contribution in [0.15, 0.2) is 12.3 Å². The van der Waals surface area contributed by atoms with E-state index >= 15 is 0 Å². The molecule has 1 saturated carbocycles. The van der Waals surface area contributed by atoms with Crippen LogP contribution in [0.1, 0.15) is 38.5 Å². The van der Waals surface area contributed by atoms with Crippen LogP contribution in [-0.4, -0.2) is 16.5 Å². The van der Waals surface area contributed by atoms with E-state index < -0.39 is 0 Å². The Hall–Kier alpha value is -1.32. The Kier molecular flexibility index (Phi) is 3.97. The first-order valence-corrected chi connectivity index (χ1v) is 6.17. The van der Waals surface area contributed by atoms with Crippen molar-refractivity contribution in [2.45, 2.75) is 38.5 Å². The second kappa shape index (κ2) is 5.68. The highest BCUT2D eigenvalue weighted by Gasteiger charge is 2.13. The third-order valence-electron chi connectivity index (χ3n) is 3.24. The van der Waals surface area contributed by atoms with E-state index in [-0.39, 0.29) is 0 Å². The van der Waals surface area contributed by atoms with E-state index in [1.165, 1.54) is 38.5 Å². The topological polar surface area (TPSA) is 63.8 Å². The lowest BCUT2D eigenvalue weighted by molar-refractivity contribution is 0.491. The predicted molar refractivity (Wildman–Crippen MR) is 66.1 cm³/mol. The van der Waals surface area contributed by atoms with Gasteiger partial charge in [0, 0.05) is 12.7 Å². The summed E-state index contributed by atoms with van der Waals surface area (Å²) < 4.78 is 0.